The summed E-state index contributed by atoms with van der Waals surface area (Å²) in [6.07, 6.45) is 0.530. The van der Waals surface area contributed by atoms with Crippen LogP contribution in [0.2, 0.25) is 0 Å². The number of aromatic amines is 1. The summed E-state index contributed by atoms with van der Waals surface area (Å²) in [5, 5.41) is 14.2. The van der Waals surface area contributed by atoms with Gasteiger partial charge in [-0.1, -0.05) is 12.1 Å². The van der Waals surface area contributed by atoms with Crippen molar-refractivity contribution < 1.29 is 13.3 Å². The van der Waals surface area contributed by atoms with Gasteiger partial charge in [0.25, 0.3) is 5.69 Å². The predicted octanol–water partition coefficient (Wildman–Crippen LogP) is 2.03. The SMILES string of the molecule is CNS(=O)(=O)c1ccc(NCCc2nc3ccccc3[nH]2)c([N+](=O)[O-])c1. The van der Waals surface area contributed by atoms with Crippen molar-refractivity contribution in [1.82, 2.24) is 14.7 Å². The van der Waals surface area contributed by atoms with Crippen LogP contribution >= 0.6 is 0 Å². The fourth-order valence-electron chi connectivity index (χ4n) is 2.54. The molecular weight excluding hydrogens is 358 g/mol. The first-order valence-electron chi connectivity index (χ1n) is 7.80. The van der Waals surface area contributed by atoms with E-state index < -0.39 is 14.9 Å². The topological polar surface area (TPSA) is 130 Å². The van der Waals surface area contributed by atoms with Gasteiger partial charge in [0.1, 0.15) is 11.5 Å². The fraction of sp³-hybridized carbons (Fsp3) is 0.188. The molecule has 0 saturated carbocycles. The number of sulfonamides is 1. The lowest BCUT2D eigenvalue weighted by molar-refractivity contribution is -0.384. The van der Waals surface area contributed by atoms with Gasteiger partial charge in [-0.15, -0.1) is 0 Å². The zero-order valence-corrected chi connectivity index (χ0v) is 14.7. The van der Waals surface area contributed by atoms with E-state index in [0.29, 0.717) is 13.0 Å². The summed E-state index contributed by atoms with van der Waals surface area (Å²) in [5.74, 6) is 0.760. The maximum Gasteiger partial charge on any atom is 0.293 e. The van der Waals surface area contributed by atoms with E-state index >= 15 is 0 Å². The van der Waals surface area contributed by atoms with Crippen molar-refractivity contribution in [3.05, 3.63) is 58.4 Å². The highest BCUT2D eigenvalue weighted by molar-refractivity contribution is 7.89. The molecular formula is C16H17N5O4S. The van der Waals surface area contributed by atoms with Gasteiger partial charge < -0.3 is 10.3 Å². The number of H-pyrrole nitrogens is 1. The largest absolute Gasteiger partial charge is 0.379 e. The second-order valence-electron chi connectivity index (χ2n) is 5.52. The molecule has 0 atom stereocenters. The molecule has 9 nitrogen and oxygen atoms in total. The van der Waals surface area contributed by atoms with Crippen molar-refractivity contribution in [2.75, 3.05) is 18.9 Å². The van der Waals surface area contributed by atoms with E-state index in [2.05, 4.69) is 20.0 Å². The molecule has 1 heterocycles. The molecule has 26 heavy (non-hydrogen) atoms. The Morgan fingerprint density at radius 1 is 1.23 bits per heavy atom. The minimum absolute atomic E-state index is 0.158. The molecule has 2 aromatic carbocycles. The molecule has 0 aliphatic rings. The highest BCUT2D eigenvalue weighted by Gasteiger charge is 2.20. The minimum Gasteiger partial charge on any atom is -0.379 e. The monoisotopic (exact) mass is 375 g/mol. The molecule has 0 fully saturated rings. The van der Waals surface area contributed by atoms with Gasteiger partial charge in [0.2, 0.25) is 10.0 Å². The first-order chi connectivity index (χ1) is 12.4. The Labute approximate surface area is 149 Å². The number of benzene rings is 2. The second kappa shape index (κ2) is 7.10. The molecule has 3 rings (SSSR count). The maximum atomic E-state index is 11.8. The van der Waals surface area contributed by atoms with Crippen LogP contribution in [0.4, 0.5) is 11.4 Å². The smallest absolute Gasteiger partial charge is 0.293 e. The Morgan fingerprint density at radius 3 is 2.69 bits per heavy atom. The van der Waals surface area contributed by atoms with Gasteiger partial charge in [-0.25, -0.2) is 18.1 Å². The summed E-state index contributed by atoms with van der Waals surface area (Å²) in [5.41, 5.74) is 1.73. The van der Waals surface area contributed by atoms with Gasteiger partial charge >= 0.3 is 0 Å². The van der Waals surface area contributed by atoms with E-state index in [0.717, 1.165) is 22.9 Å². The number of fused-ring (bicyclic) bond motifs is 1. The Kier molecular flexibility index (Phi) is 4.87. The van der Waals surface area contributed by atoms with Crippen LogP contribution in [-0.2, 0) is 16.4 Å². The third-order valence-corrected chi connectivity index (χ3v) is 5.27. The first-order valence-corrected chi connectivity index (χ1v) is 9.28. The van der Waals surface area contributed by atoms with E-state index in [1.165, 1.54) is 19.2 Å². The van der Waals surface area contributed by atoms with Crippen LogP contribution in [0.25, 0.3) is 11.0 Å². The summed E-state index contributed by atoms with van der Waals surface area (Å²) in [7, 11) is -2.50. The normalized spacial score (nSPS) is 11.6. The lowest BCUT2D eigenvalue weighted by Gasteiger charge is -2.08. The number of rotatable bonds is 7. The summed E-state index contributed by atoms with van der Waals surface area (Å²) < 4.78 is 25.7. The van der Waals surface area contributed by atoms with Crippen LogP contribution in [0.1, 0.15) is 5.82 Å². The van der Waals surface area contributed by atoms with Crippen molar-refractivity contribution in [2.45, 2.75) is 11.3 Å². The number of para-hydroxylation sites is 2. The average Bonchev–Trinajstić information content (AvgIpc) is 3.04. The molecule has 0 saturated heterocycles. The average molecular weight is 375 g/mol. The number of nitrogens with one attached hydrogen (secondary N) is 3. The molecule has 0 unspecified atom stereocenters. The van der Waals surface area contributed by atoms with Gasteiger partial charge in [0, 0.05) is 19.0 Å². The second-order valence-corrected chi connectivity index (χ2v) is 7.41. The number of hydrogen-bond acceptors (Lipinski definition) is 6. The third-order valence-electron chi connectivity index (χ3n) is 3.86. The molecule has 136 valence electrons. The van der Waals surface area contributed by atoms with Crippen LogP contribution in [0.15, 0.2) is 47.4 Å². The Balaban J connectivity index is 1.75. The van der Waals surface area contributed by atoms with E-state index in [9.17, 15) is 18.5 Å². The van der Waals surface area contributed by atoms with Gasteiger partial charge in [0.05, 0.1) is 20.9 Å². The van der Waals surface area contributed by atoms with Gasteiger partial charge in [-0.3, -0.25) is 10.1 Å². The van der Waals surface area contributed by atoms with Crippen molar-refractivity contribution in [3.63, 3.8) is 0 Å². The fourth-order valence-corrected chi connectivity index (χ4v) is 3.29. The number of aromatic nitrogens is 2. The van der Waals surface area contributed by atoms with Crippen LogP contribution < -0.4 is 10.0 Å². The van der Waals surface area contributed by atoms with Crippen LogP contribution in [-0.4, -0.2) is 36.9 Å². The van der Waals surface area contributed by atoms with Gasteiger partial charge in [-0.2, -0.15) is 0 Å². The van der Waals surface area contributed by atoms with Crippen molar-refractivity contribution >= 4 is 32.4 Å². The van der Waals surface area contributed by atoms with Crippen LogP contribution in [0.5, 0.6) is 0 Å². The molecule has 0 aliphatic heterocycles. The Morgan fingerprint density at radius 2 is 2.00 bits per heavy atom. The zero-order chi connectivity index (χ0) is 18.7. The Hall–Kier alpha value is -2.98. The lowest BCUT2D eigenvalue weighted by Crippen LogP contribution is -2.19. The number of nitro benzene ring substituents is 1. The molecule has 0 bridgehead atoms. The molecule has 3 aromatic rings. The quantitative estimate of drug-likeness (QED) is 0.428. The molecule has 10 heteroatoms. The third kappa shape index (κ3) is 3.65. The van der Waals surface area contributed by atoms with Crippen molar-refractivity contribution in [1.29, 1.82) is 0 Å². The predicted molar refractivity (Wildman–Crippen MR) is 97.6 cm³/mol. The summed E-state index contributed by atoms with van der Waals surface area (Å²) in [4.78, 5) is 18.1. The molecule has 0 radical (unpaired) electrons. The van der Waals surface area contributed by atoms with Crippen molar-refractivity contribution in [2.24, 2.45) is 0 Å². The van der Waals surface area contributed by atoms with Gasteiger partial charge in [0.15, 0.2) is 0 Å². The van der Waals surface area contributed by atoms with Crippen molar-refractivity contribution in [3.8, 4) is 0 Å². The van der Waals surface area contributed by atoms with E-state index in [-0.39, 0.29) is 16.3 Å². The van der Waals surface area contributed by atoms with Crippen LogP contribution in [0, 0.1) is 10.1 Å². The zero-order valence-electron chi connectivity index (χ0n) is 13.9. The molecule has 1 aromatic heterocycles. The standard InChI is InChI=1S/C16H17N5O4S/c1-17-26(24,25)11-6-7-14(15(10-11)21(22)23)18-9-8-16-19-12-4-2-3-5-13(12)20-16/h2-7,10,17-18H,8-9H2,1H3,(H,19,20). The van der Waals surface area contributed by atoms with Gasteiger partial charge in [-0.05, 0) is 31.3 Å². The number of nitro groups is 1. The highest BCUT2D eigenvalue weighted by Crippen LogP contribution is 2.27. The maximum absolute atomic E-state index is 11.8. The first kappa shape index (κ1) is 17.8. The minimum atomic E-state index is -3.75. The number of nitrogens with zero attached hydrogens (tertiary/aromatic N) is 2. The molecule has 0 aliphatic carbocycles. The van der Waals surface area contributed by atoms with Crippen LogP contribution in [0.3, 0.4) is 0 Å². The highest BCUT2D eigenvalue weighted by atomic mass is 32.2. The summed E-state index contributed by atoms with van der Waals surface area (Å²) >= 11 is 0. The van der Waals surface area contributed by atoms with E-state index in [1.54, 1.807) is 0 Å². The molecule has 3 N–H and O–H groups in total. The Bertz CT molecular complexity index is 1030. The summed E-state index contributed by atoms with van der Waals surface area (Å²) in [6, 6.07) is 11.4. The number of hydrogen-bond donors (Lipinski definition) is 3. The summed E-state index contributed by atoms with van der Waals surface area (Å²) in [6.45, 7) is 0.402. The van der Waals surface area contributed by atoms with E-state index in [1.807, 2.05) is 24.3 Å². The molecule has 0 amide bonds. The molecule has 0 spiro atoms. The van der Waals surface area contributed by atoms with E-state index in [4.69, 9.17) is 0 Å². The number of anilines is 1. The number of imidazole rings is 1. The lowest BCUT2D eigenvalue weighted by atomic mass is 10.2.